The standard InChI is InChI=1S/C13H21NO6.C13H20O7.C13H22O4.C11H18O5.C10H17NO4.C10H16O5/c1-8(15)7-19-11(17)9(2)20-10(16)6-14-12(18)13(3,4)5;1-8(14)6-18-11(16)9(2)20-10(15)7-19-12(17)13(3,4)5;1-9(14)10(2)17-12(16)8-6-7-11(15)13(3,4)5;1-7(12)8(2)16-9(13)6-15-10(14)11(3,4)5;1-7(12)6-15-8(13)5-11-9(14)10(2,3)4;1-7(11)5-14-8(12)6-15-9(13)10(2,3)4/h9H,6-7H2,1-5H3,(H,14,18);9H,6-7H2,1-5H3;10H,6-8H2,1-5H3;8H,6H2,1-5H3;5-6H2,1-4H3,(H,11,14);5-6H2,1-4H3. The highest BCUT2D eigenvalue weighted by Gasteiger charge is 2.30. The van der Waals surface area contributed by atoms with Crippen molar-refractivity contribution >= 4 is 118 Å². The van der Waals surface area contributed by atoms with Gasteiger partial charge in [-0.1, -0.05) is 62.3 Å². The van der Waals surface area contributed by atoms with E-state index in [0.717, 1.165) is 0 Å². The van der Waals surface area contributed by atoms with E-state index in [-0.39, 0.29) is 104 Å². The van der Waals surface area contributed by atoms with E-state index in [0.29, 0.717) is 12.8 Å². The number of rotatable bonds is 30. The Labute approximate surface area is 604 Å². The van der Waals surface area contributed by atoms with Crippen LogP contribution in [-0.4, -0.2) is 202 Å². The number of esters is 11. The maximum Gasteiger partial charge on any atom is 0.347 e. The molecule has 33 nitrogen and oxygen atoms in total. The summed E-state index contributed by atoms with van der Waals surface area (Å²) in [6, 6.07) is 0. The van der Waals surface area contributed by atoms with Crippen LogP contribution in [0.15, 0.2) is 0 Å². The van der Waals surface area contributed by atoms with Gasteiger partial charge in [0.1, 0.15) is 45.3 Å². The van der Waals surface area contributed by atoms with E-state index in [1.807, 2.05) is 20.8 Å². The first-order valence-corrected chi connectivity index (χ1v) is 32.4. The molecule has 0 aromatic heterocycles. The molecule has 0 fully saturated rings. The summed E-state index contributed by atoms with van der Waals surface area (Å²) in [7, 11) is 0. The number of carbonyl (C=O) groups is 20. The number of Topliss-reactive ketones (excluding diaryl/α,β-unsaturated/α-hetero) is 7. The van der Waals surface area contributed by atoms with E-state index in [9.17, 15) is 95.9 Å². The van der Waals surface area contributed by atoms with Gasteiger partial charge in [0.05, 0.1) is 16.2 Å². The Morgan fingerprint density at radius 1 is 0.272 bits per heavy atom. The number of hydrogen-bond acceptors (Lipinski definition) is 31. The smallest absolute Gasteiger partial charge is 0.347 e. The molecule has 0 aromatic carbocycles. The van der Waals surface area contributed by atoms with Gasteiger partial charge in [0.25, 0.3) is 0 Å². The predicted octanol–water partition coefficient (Wildman–Crippen LogP) is 5.23. The molecule has 590 valence electrons. The van der Waals surface area contributed by atoms with Gasteiger partial charge in [-0.05, 0) is 138 Å². The van der Waals surface area contributed by atoms with Crippen molar-refractivity contribution in [3.8, 4) is 0 Å². The zero-order valence-corrected chi connectivity index (χ0v) is 65.5. The van der Waals surface area contributed by atoms with Crippen LogP contribution < -0.4 is 10.6 Å². The lowest BCUT2D eigenvalue weighted by Crippen LogP contribution is -2.39. The van der Waals surface area contributed by atoms with Crippen LogP contribution in [0.3, 0.4) is 0 Å². The summed E-state index contributed by atoms with van der Waals surface area (Å²) < 4.78 is 51.4. The number of amides is 2. The monoisotopic (exact) mass is 1480 g/mol. The van der Waals surface area contributed by atoms with Gasteiger partial charge in [-0.3, -0.25) is 71.9 Å². The second-order valence-electron chi connectivity index (χ2n) is 29.0. The molecule has 33 heteroatoms. The quantitative estimate of drug-likeness (QED) is 0.0686. The van der Waals surface area contributed by atoms with E-state index in [4.69, 9.17) is 28.4 Å². The van der Waals surface area contributed by atoms with Gasteiger partial charge in [-0.2, -0.15) is 0 Å². The van der Waals surface area contributed by atoms with Crippen molar-refractivity contribution in [2.75, 3.05) is 59.3 Å². The van der Waals surface area contributed by atoms with E-state index < -0.39 is 137 Å². The van der Waals surface area contributed by atoms with Gasteiger partial charge in [-0.25, -0.2) is 24.0 Å². The first-order valence-electron chi connectivity index (χ1n) is 32.4. The maximum atomic E-state index is 11.6. The summed E-state index contributed by atoms with van der Waals surface area (Å²) in [6.07, 6.45) is -2.78. The topological polar surface area (TPSA) is 467 Å². The Morgan fingerprint density at radius 3 is 0.816 bits per heavy atom. The highest BCUT2D eigenvalue weighted by molar-refractivity contribution is 5.90. The molecule has 0 spiro atoms. The van der Waals surface area contributed by atoms with Crippen molar-refractivity contribution in [1.29, 1.82) is 0 Å². The largest absolute Gasteiger partial charge is 0.456 e. The molecule has 0 rings (SSSR count). The molecular weight excluding hydrogens is 1360 g/mol. The third kappa shape index (κ3) is 63.5. The molecule has 0 aliphatic carbocycles. The highest BCUT2D eigenvalue weighted by atomic mass is 16.6. The summed E-state index contributed by atoms with van der Waals surface area (Å²) in [5.74, 6) is -9.23. The average Bonchev–Trinajstić information content (AvgIpc) is 0.922. The lowest BCUT2D eigenvalue weighted by Gasteiger charge is -2.18. The van der Waals surface area contributed by atoms with E-state index >= 15 is 0 Å². The van der Waals surface area contributed by atoms with Gasteiger partial charge in [0.2, 0.25) is 11.8 Å². The lowest BCUT2D eigenvalue weighted by atomic mass is 9.88. The molecule has 0 aliphatic rings. The second-order valence-corrected chi connectivity index (χ2v) is 29.0. The van der Waals surface area contributed by atoms with Crippen LogP contribution in [-0.2, 0) is 148 Å². The zero-order chi connectivity index (χ0) is 82.5. The van der Waals surface area contributed by atoms with Crippen LogP contribution in [0.1, 0.15) is 213 Å². The average molecular weight is 1480 g/mol. The Balaban J connectivity index is -0.000000275. The predicted molar refractivity (Wildman–Crippen MR) is 365 cm³/mol. The molecular formula is C70H114N2O31. The molecule has 2 amide bonds. The normalized spacial score (nSPS) is 12.0. The molecule has 0 radical (unpaired) electrons. The van der Waals surface area contributed by atoms with Gasteiger partial charge >= 0.3 is 65.7 Å². The number of nitrogens with one attached hydrogen (secondary N) is 2. The van der Waals surface area contributed by atoms with Crippen molar-refractivity contribution in [1.82, 2.24) is 10.6 Å². The summed E-state index contributed by atoms with van der Waals surface area (Å²) in [5.41, 5.74) is -3.57. The van der Waals surface area contributed by atoms with Crippen molar-refractivity contribution in [2.45, 2.75) is 238 Å². The molecule has 0 aliphatic heterocycles. The number of carbonyl (C=O) groups excluding carboxylic acids is 20. The van der Waals surface area contributed by atoms with Gasteiger partial charge < -0.3 is 62.7 Å². The molecule has 0 heterocycles. The SMILES string of the molecule is CC(=O)C(C)OC(=O)CCCC(=O)C(C)(C)C.CC(=O)C(C)OC(=O)COC(=O)C(C)(C)C.CC(=O)COC(=O)C(C)OC(=O)CNC(=O)C(C)(C)C.CC(=O)COC(=O)C(C)OC(=O)COC(=O)C(C)(C)C.CC(=O)COC(=O)CNC(=O)C(C)(C)C.CC(=O)COC(=O)COC(=O)C(C)(C)C. The molecule has 0 aromatic rings. The van der Waals surface area contributed by atoms with E-state index in [1.165, 1.54) is 62.3 Å². The van der Waals surface area contributed by atoms with E-state index in [2.05, 4.69) is 34.3 Å². The minimum Gasteiger partial charge on any atom is -0.456 e. The molecule has 0 saturated heterocycles. The van der Waals surface area contributed by atoms with E-state index in [1.54, 1.807) is 111 Å². The highest BCUT2D eigenvalue weighted by Crippen LogP contribution is 2.20. The third-order valence-electron chi connectivity index (χ3n) is 11.3. The summed E-state index contributed by atoms with van der Waals surface area (Å²) in [4.78, 5) is 222. The van der Waals surface area contributed by atoms with Crippen LogP contribution in [0, 0.1) is 32.5 Å². The fourth-order valence-electron chi connectivity index (χ4n) is 4.88. The lowest BCUT2D eigenvalue weighted by molar-refractivity contribution is -0.173. The van der Waals surface area contributed by atoms with Crippen LogP contribution in [0.2, 0.25) is 0 Å². The summed E-state index contributed by atoms with van der Waals surface area (Å²) in [5, 5.41) is 4.82. The molecule has 2 N–H and O–H groups in total. The second kappa shape index (κ2) is 51.0. The minimum atomic E-state index is -1.17. The van der Waals surface area contributed by atoms with Crippen molar-refractivity contribution in [2.24, 2.45) is 32.5 Å². The summed E-state index contributed by atoms with van der Waals surface area (Å²) in [6.45, 7) is 41.0. The zero-order valence-electron chi connectivity index (χ0n) is 65.5. The summed E-state index contributed by atoms with van der Waals surface area (Å²) >= 11 is 0. The number of ketones is 7. The number of hydrogen-bond donors (Lipinski definition) is 2. The minimum absolute atomic E-state index is 0.130. The van der Waals surface area contributed by atoms with Gasteiger partial charge in [0, 0.05) is 29.1 Å². The Kier molecular flexibility index (Phi) is 51.9. The fraction of sp³-hybridized carbons (Fsp3) is 0.714. The van der Waals surface area contributed by atoms with Crippen molar-refractivity contribution in [3.63, 3.8) is 0 Å². The van der Waals surface area contributed by atoms with Gasteiger partial charge in [0.15, 0.2) is 78.9 Å². The molecule has 103 heavy (non-hydrogen) atoms. The van der Waals surface area contributed by atoms with Crippen LogP contribution >= 0.6 is 0 Å². The van der Waals surface area contributed by atoms with Gasteiger partial charge in [-0.15, -0.1) is 0 Å². The number of ether oxygens (including phenoxy) is 11. The van der Waals surface area contributed by atoms with Crippen molar-refractivity contribution < 1.29 is 148 Å². The first kappa shape index (κ1) is 105. The molecule has 0 bridgehead atoms. The fourth-order valence-corrected chi connectivity index (χ4v) is 4.88. The van der Waals surface area contributed by atoms with Crippen molar-refractivity contribution in [3.05, 3.63) is 0 Å². The van der Waals surface area contributed by atoms with Crippen LogP contribution in [0.25, 0.3) is 0 Å². The Bertz CT molecular complexity index is 2770. The first-order chi connectivity index (χ1) is 46.3. The molecule has 4 unspecified atom stereocenters. The third-order valence-corrected chi connectivity index (χ3v) is 11.3. The Hall–Kier alpha value is -9.20. The molecule has 4 atom stereocenters. The maximum absolute atomic E-state index is 11.6. The Morgan fingerprint density at radius 2 is 0.534 bits per heavy atom. The van der Waals surface area contributed by atoms with Crippen LogP contribution in [0.5, 0.6) is 0 Å². The molecule has 0 saturated carbocycles. The van der Waals surface area contributed by atoms with Crippen LogP contribution in [0.4, 0.5) is 0 Å².